The van der Waals surface area contributed by atoms with Gasteiger partial charge >= 0.3 is 5.97 Å². The normalized spacial score (nSPS) is 23.4. The summed E-state index contributed by atoms with van der Waals surface area (Å²) in [4.78, 5) is 12.9. The maximum atomic E-state index is 12.9. The van der Waals surface area contributed by atoms with E-state index in [0.717, 1.165) is 29.0 Å². The van der Waals surface area contributed by atoms with Crippen molar-refractivity contribution in [1.29, 1.82) is 0 Å². The van der Waals surface area contributed by atoms with E-state index >= 15 is 0 Å². The Labute approximate surface area is 166 Å². The van der Waals surface area contributed by atoms with Crippen LogP contribution in [-0.2, 0) is 16.0 Å². The second-order valence-corrected chi connectivity index (χ2v) is 7.27. The molecule has 0 aliphatic carbocycles. The standard InChI is InChI=1S/C23H27NO4/c1-3-15-5-7-16(8-6-15)22-21(23(25)26-4-2)18(14-24-22)17-9-10-19-20(13-17)28-12-11-27-19/h5-10,13,18,21-22,24H,3-4,11-12,14H2,1-2H3/t18-,21-,22+/m1/s1. The summed E-state index contributed by atoms with van der Waals surface area (Å²) < 4.78 is 16.8. The third-order valence-corrected chi connectivity index (χ3v) is 5.65. The van der Waals surface area contributed by atoms with Gasteiger partial charge in [0, 0.05) is 18.5 Å². The summed E-state index contributed by atoms with van der Waals surface area (Å²) in [7, 11) is 0. The van der Waals surface area contributed by atoms with Gasteiger partial charge < -0.3 is 19.5 Å². The molecule has 1 fully saturated rings. The fourth-order valence-corrected chi connectivity index (χ4v) is 4.18. The Kier molecular flexibility index (Phi) is 5.53. The van der Waals surface area contributed by atoms with E-state index < -0.39 is 0 Å². The summed E-state index contributed by atoms with van der Waals surface area (Å²) in [6.07, 6.45) is 1.000. The molecule has 3 atom stereocenters. The molecular weight excluding hydrogens is 354 g/mol. The van der Waals surface area contributed by atoms with Crippen LogP contribution in [0.2, 0.25) is 0 Å². The van der Waals surface area contributed by atoms with Crippen LogP contribution in [0.1, 0.15) is 42.5 Å². The average Bonchev–Trinajstić information content (AvgIpc) is 3.19. The first-order valence-corrected chi connectivity index (χ1v) is 10.1. The van der Waals surface area contributed by atoms with Crippen molar-refractivity contribution < 1.29 is 19.0 Å². The second kappa shape index (κ2) is 8.23. The molecule has 1 saturated heterocycles. The number of nitrogens with one attached hydrogen (secondary N) is 1. The highest BCUT2D eigenvalue weighted by Gasteiger charge is 2.43. The number of rotatable bonds is 5. The Morgan fingerprint density at radius 3 is 2.46 bits per heavy atom. The van der Waals surface area contributed by atoms with Gasteiger partial charge in [0.15, 0.2) is 11.5 Å². The molecule has 0 saturated carbocycles. The van der Waals surface area contributed by atoms with Gasteiger partial charge in [-0.2, -0.15) is 0 Å². The van der Waals surface area contributed by atoms with E-state index in [1.54, 1.807) is 0 Å². The predicted molar refractivity (Wildman–Crippen MR) is 107 cm³/mol. The number of esters is 1. The summed E-state index contributed by atoms with van der Waals surface area (Å²) >= 11 is 0. The molecule has 1 N–H and O–H groups in total. The monoisotopic (exact) mass is 381 g/mol. The van der Waals surface area contributed by atoms with Gasteiger partial charge in [0.05, 0.1) is 12.5 Å². The molecule has 4 rings (SSSR count). The van der Waals surface area contributed by atoms with Gasteiger partial charge in [-0.25, -0.2) is 0 Å². The van der Waals surface area contributed by atoms with Gasteiger partial charge in [0.25, 0.3) is 0 Å². The number of ether oxygens (including phenoxy) is 3. The number of hydrogen-bond donors (Lipinski definition) is 1. The van der Waals surface area contributed by atoms with Gasteiger partial charge in [0.1, 0.15) is 13.2 Å². The van der Waals surface area contributed by atoms with E-state index in [0.29, 0.717) is 26.4 Å². The van der Waals surface area contributed by atoms with E-state index in [1.807, 2.05) is 25.1 Å². The van der Waals surface area contributed by atoms with Crippen LogP contribution in [0.5, 0.6) is 11.5 Å². The van der Waals surface area contributed by atoms with Gasteiger partial charge in [-0.15, -0.1) is 0 Å². The average molecular weight is 381 g/mol. The number of carbonyl (C=O) groups is 1. The van der Waals surface area contributed by atoms with Crippen molar-refractivity contribution in [3.63, 3.8) is 0 Å². The quantitative estimate of drug-likeness (QED) is 0.802. The number of fused-ring (bicyclic) bond motifs is 1. The molecule has 0 radical (unpaired) electrons. The zero-order chi connectivity index (χ0) is 19.5. The zero-order valence-corrected chi connectivity index (χ0v) is 16.4. The van der Waals surface area contributed by atoms with Gasteiger partial charge in [-0.05, 0) is 42.2 Å². The number of aryl methyl sites for hydroxylation is 1. The minimum Gasteiger partial charge on any atom is -0.486 e. The van der Waals surface area contributed by atoms with Gasteiger partial charge in [-0.1, -0.05) is 37.3 Å². The van der Waals surface area contributed by atoms with Crippen molar-refractivity contribution in [3.8, 4) is 11.5 Å². The number of carbonyl (C=O) groups excluding carboxylic acids is 1. The molecule has 148 valence electrons. The molecule has 5 nitrogen and oxygen atoms in total. The minimum atomic E-state index is -0.282. The van der Waals surface area contributed by atoms with E-state index in [-0.39, 0.29) is 23.8 Å². The molecule has 2 aromatic carbocycles. The van der Waals surface area contributed by atoms with Crippen molar-refractivity contribution in [2.45, 2.75) is 32.2 Å². The Bertz CT molecular complexity index is 833. The third kappa shape index (κ3) is 3.59. The molecule has 0 unspecified atom stereocenters. The topological polar surface area (TPSA) is 56.8 Å². The Morgan fingerprint density at radius 2 is 1.75 bits per heavy atom. The van der Waals surface area contributed by atoms with Crippen LogP contribution in [-0.4, -0.2) is 32.3 Å². The number of benzene rings is 2. The molecule has 5 heteroatoms. The summed E-state index contributed by atoms with van der Waals surface area (Å²) in [5.74, 6) is 1.10. The van der Waals surface area contributed by atoms with Crippen LogP contribution < -0.4 is 14.8 Å². The first-order valence-electron chi connectivity index (χ1n) is 10.1. The van der Waals surface area contributed by atoms with Crippen LogP contribution in [0, 0.1) is 5.92 Å². The van der Waals surface area contributed by atoms with E-state index in [1.165, 1.54) is 5.56 Å². The Balaban J connectivity index is 1.65. The number of hydrogen-bond acceptors (Lipinski definition) is 5. The fourth-order valence-electron chi connectivity index (χ4n) is 4.18. The van der Waals surface area contributed by atoms with Crippen LogP contribution >= 0.6 is 0 Å². The first kappa shape index (κ1) is 18.8. The maximum absolute atomic E-state index is 12.9. The van der Waals surface area contributed by atoms with E-state index in [4.69, 9.17) is 14.2 Å². The molecular formula is C23H27NO4. The summed E-state index contributed by atoms with van der Waals surface area (Å²) in [6, 6.07) is 14.4. The highest BCUT2D eigenvalue weighted by Crippen LogP contribution is 2.43. The van der Waals surface area contributed by atoms with Crippen LogP contribution in [0.4, 0.5) is 0 Å². The molecule has 0 spiro atoms. The lowest BCUT2D eigenvalue weighted by molar-refractivity contribution is -0.148. The first-order chi connectivity index (χ1) is 13.7. The van der Waals surface area contributed by atoms with Gasteiger partial charge in [-0.3, -0.25) is 4.79 Å². The lowest BCUT2D eigenvalue weighted by Gasteiger charge is -2.25. The predicted octanol–water partition coefficient (Wildman–Crippen LogP) is 3.63. The van der Waals surface area contributed by atoms with Crippen LogP contribution in [0.25, 0.3) is 0 Å². The Morgan fingerprint density at radius 1 is 1.04 bits per heavy atom. The minimum absolute atomic E-state index is 0.0192. The fraction of sp³-hybridized carbons (Fsp3) is 0.435. The second-order valence-electron chi connectivity index (χ2n) is 7.27. The summed E-state index contributed by atoms with van der Waals surface area (Å²) in [5.41, 5.74) is 3.48. The largest absolute Gasteiger partial charge is 0.486 e. The molecule has 0 aromatic heterocycles. The smallest absolute Gasteiger partial charge is 0.311 e. The molecule has 0 bridgehead atoms. The van der Waals surface area contributed by atoms with Crippen LogP contribution in [0.3, 0.4) is 0 Å². The van der Waals surface area contributed by atoms with Crippen molar-refractivity contribution >= 4 is 5.97 Å². The molecule has 2 aliphatic rings. The highest BCUT2D eigenvalue weighted by atomic mass is 16.6. The highest BCUT2D eigenvalue weighted by molar-refractivity contribution is 5.76. The maximum Gasteiger partial charge on any atom is 0.311 e. The molecule has 28 heavy (non-hydrogen) atoms. The molecule has 2 aromatic rings. The third-order valence-electron chi connectivity index (χ3n) is 5.65. The van der Waals surface area contributed by atoms with Crippen molar-refractivity contribution in [3.05, 3.63) is 59.2 Å². The van der Waals surface area contributed by atoms with Crippen molar-refractivity contribution in [1.82, 2.24) is 5.32 Å². The molecule has 0 amide bonds. The van der Waals surface area contributed by atoms with Crippen LogP contribution in [0.15, 0.2) is 42.5 Å². The lowest BCUT2D eigenvalue weighted by atomic mass is 9.82. The summed E-state index contributed by atoms with van der Waals surface area (Å²) in [6.45, 7) is 6.20. The van der Waals surface area contributed by atoms with E-state index in [9.17, 15) is 4.79 Å². The lowest BCUT2D eigenvalue weighted by Crippen LogP contribution is -2.27. The summed E-state index contributed by atoms with van der Waals surface area (Å²) in [5, 5.41) is 3.56. The SMILES string of the molecule is CCOC(=O)[C@@H]1[C@@H](c2ccc3c(c2)OCCO3)CN[C@H]1c1ccc(CC)cc1. The zero-order valence-electron chi connectivity index (χ0n) is 16.4. The molecule has 2 aliphatic heterocycles. The molecule has 2 heterocycles. The van der Waals surface area contributed by atoms with Crippen molar-refractivity contribution in [2.24, 2.45) is 5.92 Å². The van der Waals surface area contributed by atoms with E-state index in [2.05, 4.69) is 36.5 Å². The Hall–Kier alpha value is -2.53. The van der Waals surface area contributed by atoms with Crippen molar-refractivity contribution in [2.75, 3.05) is 26.4 Å². The van der Waals surface area contributed by atoms with Gasteiger partial charge in [0.2, 0.25) is 0 Å².